The Morgan fingerprint density at radius 1 is 1.16 bits per heavy atom. The van der Waals surface area contributed by atoms with Crippen molar-refractivity contribution in [3.63, 3.8) is 0 Å². The van der Waals surface area contributed by atoms with E-state index in [-0.39, 0.29) is 5.91 Å². The van der Waals surface area contributed by atoms with Crippen LogP contribution in [0.1, 0.15) is 40.6 Å². The first-order valence-electron chi connectivity index (χ1n) is 10.6. The Kier molecular flexibility index (Phi) is 6.51. The molecule has 0 aliphatic carbocycles. The van der Waals surface area contributed by atoms with Crippen LogP contribution >= 0.6 is 11.3 Å². The topological polar surface area (TPSA) is 67.3 Å². The Morgan fingerprint density at radius 2 is 1.94 bits per heavy atom. The second-order valence-corrected chi connectivity index (χ2v) is 9.12. The summed E-state index contributed by atoms with van der Waals surface area (Å²) in [6, 6.07) is 13.8. The summed E-state index contributed by atoms with van der Waals surface area (Å²) in [7, 11) is 1.64. The summed E-state index contributed by atoms with van der Waals surface area (Å²) in [6.45, 7) is 5.62. The molecule has 1 aliphatic rings. The molecule has 1 fully saturated rings. The van der Waals surface area contributed by atoms with Crippen molar-refractivity contribution in [2.24, 2.45) is 0 Å². The SMILES string of the molecule is COc1cccc(CC(=O)N2CCC(c3cccc(Nc4nc(C)c(C)s4)n3)CC2)c1. The lowest BCUT2D eigenvalue weighted by molar-refractivity contribution is -0.131. The molecule has 1 aromatic carbocycles. The lowest BCUT2D eigenvalue weighted by atomic mass is 9.92. The maximum absolute atomic E-state index is 12.8. The molecule has 0 unspecified atom stereocenters. The number of rotatable bonds is 6. The normalized spacial score (nSPS) is 14.5. The van der Waals surface area contributed by atoms with Crippen molar-refractivity contribution in [1.82, 2.24) is 14.9 Å². The Bertz CT molecular complexity index is 1040. The number of hydrogen-bond acceptors (Lipinski definition) is 6. The third-order valence-electron chi connectivity index (χ3n) is 5.79. The van der Waals surface area contributed by atoms with E-state index in [1.807, 2.05) is 48.2 Å². The molecule has 7 heteroatoms. The molecule has 162 valence electrons. The number of methoxy groups -OCH3 is 1. The van der Waals surface area contributed by atoms with Gasteiger partial charge >= 0.3 is 0 Å². The van der Waals surface area contributed by atoms with Crippen LogP contribution in [0, 0.1) is 13.8 Å². The molecule has 0 bridgehead atoms. The van der Waals surface area contributed by atoms with E-state index in [0.717, 1.165) is 59.6 Å². The number of anilines is 2. The van der Waals surface area contributed by atoms with Gasteiger partial charge in [-0.1, -0.05) is 18.2 Å². The third-order valence-corrected chi connectivity index (χ3v) is 6.78. The summed E-state index contributed by atoms with van der Waals surface area (Å²) in [4.78, 5) is 25.3. The number of likely N-dealkylation sites (tertiary alicyclic amines) is 1. The number of hydrogen-bond donors (Lipinski definition) is 1. The van der Waals surface area contributed by atoms with Crippen LogP contribution in [0.4, 0.5) is 10.9 Å². The van der Waals surface area contributed by atoms with Gasteiger partial charge in [-0.25, -0.2) is 9.97 Å². The van der Waals surface area contributed by atoms with Crippen molar-refractivity contribution in [1.29, 1.82) is 0 Å². The minimum Gasteiger partial charge on any atom is -0.497 e. The van der Waals surface area contributed by atoms with Crippen LogP contribution in [0.25, 0.3) is 0 Å². The number of carbonyl (C=O) groups is 1. The number of aromatic nitrogens is 2. The standard InChI is InChI=1S/C24H28N4O2S/c1-16-17(2)31-24(25-16)27-22-9-5-8-21(26-22)19-10-12-28(13-11-19)23(29)15-18-6-4-7-20(14-18)30-3/h4-9,14,19H,10-13,15H2,1-3H3,(H,25,26,27). The highest BCUT2D eigenvalue weighted by Crippen LogP contribution is 2.29. The average Bonchev–Trinajstić information content (AvgIpc) is 3.10. The first-order valence-corrected chi connectivity index (χ1v) is 11.4. The van der Waals surface area contributed by atoms with Crippen LogP contribution in [-0.4, -0.2) is 41.0 Å². The van der Waals surface area contributed by atoms with Gasteiger partial charge in [0.2, 0.25) is 5.91 Å². The molecule has 6 nitrogen and oxygen atoms in total. The largest absolute Gasteiger partial charge is 0.497 e. The van der Waals surface area contributed by atoms with E-state index in [9.17, 15) is 4.79 Å². The van der Waals surface area contributed by atoms with Gasteiger partial charge in [-0.2, -0.15) is 0 Å². The molecule has 4 rings (SSSR count). The molecule has 0 atom stereocenters. The Hall–Kier alpha value is -2.93. The fraction of sp³-hybridized carbons (Fsp3) is 0.375. The number of carbonyl (C=O) groups excluding carboxylic acids is 1. The lowest BCUT2D eigenvalue weighted by Gasteiger charge is -2.32. The predicted octanol–water partition coefficient (Wildman–Crippen LogP) is 4.86. The molecular weight excluding hydrogens is 408 g/mol. The van der Waals surface area contributed by atoms with Crippen molar-refractivity contribution in [3.05, 3.63) is 64.3 Å². The zero-order valence-electron chi connectivity index (χ0n) is 18.2. The molecule has 1 N–H and O–H groups in total. The number of aryl methyl sites for hydroxylation is 2. The summed E-state index contributed by atoms with van der Waals surface area (Å²) in [6.07, 6.45) is 2.26. The fourth-order valence-corrected chi connectivity index (χ4v) is 4.70. The van der Waals surface area contributed by atoms with Gasteiger partial charge in [0.1, 0.15) is 11.6 Å². The van der Waals surface area contributed by atoms with Gasteiger partial charge in [-0.05, 0) is 56.5 Å². The van der Waals surface area contributed by atoms with Gasteiger partial charge in [0.25, 0.3) is 0 Å². The van der Waals surface area contributed by atoms with E-state index >= 15 is 0 Å². The molecule has 3 heterocycles. The summed E-state index contributed by atoms with van der Waals surface area (Å²) < 4.78 is 5.26. The number of ether oxygens (including phenoxy) is 1. The number of thiazole rings is 1. The minimum atomic E-state index is 0.171. The summed E-state index contributed by atoms with van der Waals surface area (Å²) in [5, 5.41) is 4.20. The van der Waals surface area contributed by atoms with Crippen LogP contribution < -0.4 is 10.1 Å². The molecule has 2 aromatic heterocycles. The van der Waals surface area contributed by atoms with Crippen LogP contribution in [-0.2, 0) is 11.2 Å². The van der Waals surface area contributed by atoms with Crippen molar-refractivity contribution < 1.29 is 9.53 Å². The minimum absolute atomic E-state index is 0.171. The van der Waals surface area contributed by atoms with Crippen LogP contribution in [0.2, 0.25) is 0 Å². The molecule has 31 heavy (non-hydrogen) atoms. The maximum atomic E-state index is 12.8. The van der Waals surface area contributed by atoms with Gasteiger partial charge in [-0.15, -0.1) is 11.3 Å². The molecule has 3 aromatic rings. The Morgan fingerprint density at radius 3 is 2.65 bits per heavy atom. The average molecular weight is 437 g/mol. The second-order valence-electron chi connectivity index (χ2n) is 7.92. The maximum Gasteiger partial charge on any atom is 0.226 e. The number of nitrogens with zero attached hydrogens (tertiary/aromatic N) is 3. The summed E-state index contributed by atoms with van der Waals surface area (Å²) >= 11 is 1.64. The molecule has 0 radical (unpaired) electrons. The Balaban J connectivity index is 1.34. The van der Waals surface area contributed by atoms with Crippen molar-refractivity contribution in [3.8, 4) is 5.75 Å². The number of pyridine rings is 1. The van der Waals surface area contributed by atoms with Gasteiger partial charge in [0, 0.05) is 29.6 Å². The zero-order valence-corrected chi connectivity index (χ0v) is 19.0. The van der Waals surface area contributed by atoms with Gasteiger partial charge in [0.05, 0.1) is 19.2 Å². The van der Waals surface area contributed by atoms with E-state index in [0.29, 0.717) is 12.3 Å². The highest BCUT2D eigenvalue weighted by atomic mass is 32.1. The first kappa shape index (κ1) is 21.3. The number of piperidine rings is 1. The second kappa shape index (κ2) is 9.47. The van der Waals surface area contributed by atoms with Gasteiger partial charge < -0.3 is 15.0 Å². The number of benzene rings is 1. The quantitative estimate of drug-likeness (QED) is 0.598. The molecule has 1 saturated heterocycles. The van der Waals surface area contributed by atoms with E-state index < -0.39 is 0 Å². The lowest BCUT2D eigenvalue weighted by Crippen LogP contribution is -2.38. The smallest absolute Gasteiger partial charge is 0.226 e. The van der Waals surface area contributed by atoms with E-state index in [4.69, 9.17) is 9.72 Å². The van der Waals surface area contributed by atoms with Crippen molar-refractivity contribution in [2.75, 3.05) is 25.5 Å². The molecule has 1 amide bonds. The summed E-state index contributed by atoms with van der Waals surface area (Å²) in [5.74, 6) is 2.14. The van der Waals surface area contributed by atoms with E-state index in [2.05, 4.69) is 23.3 Å². The van der Waals surface area contributed by atoms with Crippen LogP contribution in [0.5, 0.6) is 5.75 Å². The molecule has 0 saturated carbocycles. The van der Waals surface area contributed by atoms with Crippen LogP contribution in [0.3, 0.4) is 0 Å². The molecule has 1 aliphatic heterocycles. The van der Waals surface area contributed by atoms with E-state index in [1.165, 1.54) is 4.88 Å². The highest BCUT2D eigenvalue weighted by Gasteiger charge is 2.25. The fourth-order valence-electron chi connectivity index (χ4n) is 3.88. The molecular formula is C24H28N4O2S. The monoisotopic (exact) mass is 436 g/mol. The molecule has 0 spiro atoms. The number of amides is 1. The van der Waals surface area contributed by atoms with Gasteiger partial charge in [-0.3, -0.25) is 4.79 Å². The first-order chi connectivity index (χ1) is 15.0. The van der Waals surface area contributed by atoms with Crippen molar-refractivity contribution >= 4 is 28.2 Å². The predicted molar refractivity (Wildman–Crippen MR) is 124 cm³/mol. The Labute approximate surface area is 187 Å². The van der Waals surface area contributed by atoms with Crippen LogP contribution in [0.15, 0.2) is 42.5 Å². The van der Waals surface area contributed by atoms with Crippen molar-refractivity contribution in [2.45, 2.75) is 39.0 Å². The summed E-state index contributed by atoms with van der Waals surface area (Å²) in [5.41, 5.74) is 3.11. The highest BCUT2D eigenvalue weighted by molar-refractivity contribution is 7.15. The van der Waals surface area contributed by atoms with E-state index in [1.54, 1.807) is 18.4 Å². The number of nitrogens with one attached hydrogen (secondary N) is 1. The zero-order chi connectivity index (χ0) is 21.8. The van der Waals surface area contributed by atoms with Gasteiger partial charge in [0.15, 0.2) is 5.13 Å². The third kappa shape index (κ3) is 5.22.